The largest absolute Gasteiger partial charge is 0.489 e. The van der Waals surface area contributed by atoms with E-state index in [2.05, 4.69) is 0 Å². The van der Waals surface area contributed by atoms with Crippen LogP contribution in [-0.4, -0.2) is 43.2 Å². The summed E-state index contributed by atoms with van der Waals surface area (Å²) >= 11 is 0. The molecule has 10 heteroatoms. The molecule has 8 nitrogen and oxygen atoms in total. The van der Waals surface area contributed by atoms with Gasteiger partial charge in [-0.15, -0.1) is 0 Å². The molecule has 30 heavy (non-hydrogen) atoms. The second-order valence-electron chi connectivity index (χ2n) is 7.07. The summed E-state index contributed by atoms with van der Waals surface area (Å²) in [5.41, 5.74) is 1.56. The molecule has 1 fully saturated rings. The van der Waals surface area contributed by atoms with Crippen LogP contribution in [-0.2, 0) is 26.0 Å². The van der Waals surface area contributed by atoms with Crippen LogP contribution < -0.4 is 10.6 Å². The van der Waals surface area contributed by atoms with Crippen LogP contribution in [0.5, 0.6) is 5.75 Å². The lowest BCUT2D eigenvalue weighted by atomic mass is 10.0. The highest BCUT2D eigenvalue weighted by atomic mass is 32.2. The van der Waals surface area contributed by atoms with Gasteiger partial charge in [-0.1, -0.05) is 6.07 Å². The van der Waals surface area contributed by atoms with Crippen molar-refractivity contribution in [3.8, 4) is 5.75 Å². The minimum atomic E-state index is -3.89. The Morgan fingerprint density at radius 1 is 1.30 bits per heavy atom. The molecule has 3 rings (SSSR count). The molecule has 0 spiro atoms. The molecule has 2 unspecified atom stereocenters. The van der Waals surface area contributed by atoms with Gasteiger partial charge in [-0.05, 0) is 60.9 Å². The quantitative estimate of drug-likeness (QED) is 0.306. The van der Waals surface area contributed by atoms with Crippen molar-refractivity contribution in [3.05, 3.63) is 59.4 Å². The van der Waals surface area contributed by atoms with E-state index in [0.29, 0.717) is 11.3 Å². The number of hydrogen-bond donors (Lipinski definition) is 2. The van der Waals surface area contributed by atoms with E-state index >= 15 is 0 Å². The maximum Gasteiger partial charge on any atom is 0.267 e. The normalized spacial score (nSPS) is 19.3. The molecular formula is C20H23FN2O6S. The van der Waals surface area contributed by atoms with Crippen LogP contribution in [0.4, 0.5) is 4.39 Å². The van der Waals surface area contributed by atoms with E-state index < -0.39 is 26.9 Å². The Morgan fingerprint density at radius 3 is 2.67 bits per heavy atom. The Labute approximate surface area is 173 Å². The highest BCUT2D eigenvalue weighted by molar-refractivity contribution is 7.92. The molecule has 0 aliphatic carbocycles. The Morgan fingerprint density at radius 2 is 2.00 bits per heavy atom. The highest BCUT2D eigenvalue weighted by Gasteiger charge is 2.42. The summed E-state index contributed by atoms with van der Waals surface area (Å²) in [4.78, 5) is 12.1. The van der Waals surface area contributed by atoms with Crippen molar-refractivity contribution in [3.63, 3.8) is 0 Å². The lowest BCUT2D eigenvalue weighted by molar-refractivity contribution is -0.175. The average Bonchev–Trinajstić information content (AvgIpc) is 2.74. The van der Waals surface area contributed by atoms with Gasteiger partial charge in [0.05, 0.1) is 22.7 Å². The van der Waals surface area contributed by atoms with Gasteiger partial charge < -0.3 is 9.47 Å². The molecule has 162 valence electrons. The molecule has 1 amide bonds. The molecular weight excluding hydrogens is 415 g/mol. The summed E-state index contributed by atoms with van der Waals surface area (Å²) in [6.45, 7) is 2.01. The summed E-state index contributed by atoms with van der Waals surface area (Å²) in [7, 11) is -3.89. The number of rotatable bonds is 6. The Hall–Kier alpha value is -2.53. The number of hydrazine groups is 1. The number of carbonyl (C=O) groups is 1. The fourth-order valence-electron chi connectivity index (χ4n) is 3.35. The molecule has 0 radical (unpaired) electrons. The number of ether oxygens (including phenoxy) is 2. The number of amides is 1. The maximum absolute atomic E-state index is 13.4. The summed E-state index contributed by atoms with van der Waals surface area (Å²) in [5.74, 6) is 3.11. The molecule has 1 aliphatic rings. The third kappa shape index (κ3) is 4.78. The van der Waals surface area contributed by atoms with Gasteiger partial charge in [0, 0.05) is 6.61 Å². The first-order valence-electron chi connectivity index (χ1n) is 9.27. The smallest absolute Gasteiger partial charge is 0.267 e. The van der Waals surface area contributed by atoms with E-state index in [9.17, 15) is 22.8 Å². The third-order valence-corrected chi connectivity index (χ3v) is 7.38. The number of benzene rings is 2. The Kier molecular flexibility index (Phi) is 6.71. The lowest BCUT2D eigenvalue weighted by Crippen LogP contribution is -2.49. The molecule has 3 N–H and O–H groups in total. The zero-order valence-corrected chi connectivity index (χ0v) is 17.1. The van der Waals surface area contributed by atoms with Crippen LogP contribution in [0.25, 0.3) is 0 Å². The van der Waals surface area contributed by atoms with Crippen LogP contribution >= 0.6 is 0 Å². The number of nitrogens with zero attached hydrogens (tertiary/aromatic N) is 1. The molecule has 2 aromatic rings. The zero-order chi connectivity index (χ0) is 21.9. The van der Waals surface area contributed by atoms with E-state index in [1.807, 2.05) is 6.92 Å². The second-order valence-corrected chi connectivity index (χ2v) is 9.23. The summed E-state index contributed by atoms with van der Waals surface area (Å²) in [5, 5.41) is 8.05. The van der Waals surface area contributed by atoms with Gasteiger partial charge >= 0.3 is 0 Å². The standard InChI is InChI=1S/C20H23FN2O6S/c1-13-2-3-15(21)10-14(13)11-29-16-4-6-17(7-5-16)30(26,27)19-8-9-28-12-18(19)20(24)23(22)25/h2-7,10,18-19,25H,8-9,11-12,22H2,1H3. The van der Waals surface area contributed by atoms with Crippen molar-refractivity contribution in [2.75, 3.05) is 13.2 Å². The molecule has 0 aromatic heterocycles. The van der Waals surface area contributed by atoms with Crippen molar-refractivity contribution in [1.29, 1.82) is 0 Å². The molecule has 2 atom stereocenters. The number of aryl methyl sites for hydroxylation is 1. The average molecular weight is 438 g/mol. The van der Waals surface area contributed by atoms with Crippen molar-refractivity contribution < 1.29 is 32.3 Å². The lowest BCUT2D eigenvalue weighted by Gasteiger charge is -2.31. The fourth-order valence-corrected chi connectivity index (χ4v) is 5.25. The molecule has 2 aromatic carbocycles. The number of nitrogens with two attached hydrogens (primary N) is 1. The number of hydrogen-bond acceptors (Lipinski definition) is 7. The zero-order valence-electron chi connectivity index (χ0n) is 16.3. The number of sulfone groups is 1. The number of hydroxylamine groups is 1. The van der Waals surface area contributed by atoms with Gasteiger partial charge in [0.15, 0.2) is 9.84 Å². The van der Waals surface area contributed by atoms with Gasteiger partial charge in [0.25, 0.3) is 5.91 Å². The third-order valence-electron chi connectivity index (χ3n) is 5.09. The molecule has 1 aliphatic heterocycles. The fraction of sp³-hybridized carbons (Fsp3) is 0.350. The molecule has 0 bridgehead atoms. The van der Waals surface area contributed by atoms with Crippen LogP contribution in [0.15, 0.2) is 47.4 Å². The predicted octanol–water partition coefficient (Wildman–Crippen LogP) is 1.98. The van der Waals surface area contributed by atoms with Crippen molar-refractivity contribution >= 4 is 15.7 Å². The van der Waals surface area contributed by atoms with E-state index in [4.69, 9.17) is 15.3 Å². The summed E-state index contributed by atoms with van der Waals surface area (Å²) < 4.78 is 50.4. The summed E-state index contributed by atoms with van der Waals surface area (Å²) in [6.07, 6.45) is 0.101. The van der Waals surface area contributed by atoms with Gasteiger partial charge in [-0.25, -0.2) is 18.7 Å². The van der Waals surface area contributed by atoms with E-state index in [1.54, 1.807) is 6.07 Å². The van der Waals surface area contributed by atoms with Crippen LogP contribution in [0, 0.1) is 18.7 Å². The second kappa shape index (κ2) is 9.09. The van der Waals surface area contributed by atoms with Crippen LogP contribution in [0.2, 0.25) is 0 Å². The van der Waals surface area contributed by atoms with Gasteiger partial charge in [-0.3, -0.25) is 10.0 Å². The minimum Gasteiger partial charge on any atom is -0.489 e. The molecule has 1 saturated heterocycles. The van der Waals surface area contributed by atoms with E-state index in [-0.39, 0.29) is 42.1 Å². The van der Waals surface area contributed by atoms with Gasteiger partial charge in [0.2, 0.25) is 0 Å². The topological polar surface area (TPSA) is 119 Å². The Balaban J connectivity index is 1.75. The van der Waals surface area contributed by atoms with Crippen molar-refractivity contribution in [2.45, 2.75) is 30.1 Å². The summed E-state index contributed by atoms with van der Waals surface area (Å²) in [6, 6.07) is 10.2. The van der Waals surface area contributed by atoms with E-state index in [0.717, 1.165) is 5.56 Å². The first-order valence-corrected chi connectivity index (χ1v) is 10.8. The Bertz CT molecular complexity index is 1010. The van der Waals surface area contributed by atoms with Crippen molar-refractivity contribution in [1.82, 2.24) is 5.17 Å². The van der Waals surface area contributed by atoms with E-state index in [1.165, 1.54) is 36.4 Å². The van der Waals surface area contributed by atoms with Gasteiger partial charge in [0.1, 0.15) is 18.2 Å². The number of carbonyl (C=O) groups excluding carboxylic acids is 1. The first-order chi connectivity index (χ1) is 14.2. The monoisotopic (exact) mass is 438 g/mol. The maximum atomic E-state index is 13.4. The van der Waals surface area contributed by atoms with Crippen LogP contribution in [0.3, 0.4) is 0 Å². The predicted molar refractivity (Wildman–Crippen MR) is 105 cm³/mol. The van der Waals surface area contributed by atoms with Crippen molar-refractivity contribution in [2.24, 2.45) is 11.8 Å². The highest BCUT2D eigenvalue weighted by Crippen LogP contribution is 2.30. The van der Waals surface area contributed by atoms with Gasteiger partial charge in [-0.2, -0.15) is 5.17 Å². The minimum absolute atomic E-state index is 0.0167. The number of halogens is 1. The molecule has 1 heterocycles. The molecule has 0 saturated carbocycles. The first kappa shape index (κ1) is 22.2. The SMILES string of the molecule is Cc1ccc(F)cc1COc1ccc(S(=O)(=O)C2CCOCC2C(=O)N(N)O)cc1. The van der Waals surface area contributed by atoms with Crippen LogP contribution in [0.1, 0.15) is 17.5 Å².